The molecule has 3 aromatic rings. The van der Waals surface area contributed by atoms with Crippen LogP contribution in [-0.2, 0) is 15.8 Å². The van der Waals surface area contributed by atoms with Gasteiger partial charge in [0.05, 0.1) is 30.0 Å². The molecule has 1 aromatic heterocycles. The lowest BCUT2D eigenvalue weighted by molar-refractivity contribution is -0.141. The SMILES string of the molecule is CNC(=O)C(CCC=O)N1C(=O)c2ccc(OCCN3CCC(CN4CCC(N=Cc5cc(NC(=O)c6cccc(C(F)(F)F)n6)c(OC)cc5N)CC4)CC3)cc2C1=O. The van der Waals surface area contributed by atoms with E-state index in [9.17, 15) is 37.1 Å². The fraction of sp³-hybridized carbons (Fsp3) is 0.452. The Labute approximate surface area is 345 Å². The Bertz CT molecular complexity index is 2100. The van der Waals surface area contributed by atoms with E-state index >= 15 is 0 Å². The highest BCUT2D eigenvalue weighted by Crippen LogP contribution is 2.32. The first kappa shape index (κ1) is 43.7. The Kier molecular flexibility index (Phi) is 14.2. The largest absolute Gasteiger partial charge is 0.494 e. The molecule has 0 aliphatic carbocycles. The van der Waals surface area contributed by atoms with Gasteiger partial charge < -0.3 is 35.5 Å². The summed E-state index contributed by atoms with van der Waals surface area (Å²) < 4.78 is 50.8. The second kappa shape index (κ2) is 19.5. The number of alkyl halides is 3. The van der Waals surface area contributed by atoms with Crippen LogP contribution in [0.15, 0.2) is 53.5 Å². The second-order valence-corrected chi connectivity index (χ2v) is 15.0. The predicted octanol–water partition coefficient (Wildman–Crippen LogP) is 4.31. The maximum atomic E-state index is 13.2. The minimum Gasteiger partial charge on any atom is -0.494 e. The molecule has 3 aliphatic rings. The number of imide groups is 1. The summed E-state index contributed by atoms with van der Waals surface area (Å²) in [5, 5.41) is 5.05. The van der Waals surface area contributed by atoms with Crippen molar-refractivity contribution in [3.05, 3.63) is 76.6 Å². The first-order valence-electron chi connectivity index (χ1n) is 19.9. The number of nitrogens with one attached hydrogen (secondary N) is 2. The Balaban J connectivity index is 0.927. The molecule has 0 saturated carbocycles. The lowest BCUT2D eigenvalue weighted by atomic mass is 9.95. The summed E-state index contributed by atoms with van der Waals surface area (Å²) in [5.41, 5.74) is 6.19. The molecule has 3 aliphatic heterocycles. The average Bonchev–Trinajstić information content (AvgIpc) is 3.49. The number of halogens is 3. The molecule has 320 valence electrons. The van der Waals surface area contributed by atoms with E-state index < -0.39 is 47.2 Å². The van der Waals surface area contributed by atoms with Crippen molar-refractivity contribution in [3.63, 3.8) is 0 Å². The van der Waals surface area contributed by atoms with E-state index in [-0.39, 0.29) is 41.4 Å². The van der Waals surface area contributed by atoms with E-state index in [0.29, 0.717) is 42.4 Å². The van der Waals surface area contributed by atoms with Crippen molar-refractivity contribution in [2.75, 3.05) is 71.1 Å². The zero-order valence-electron chi connectivity index (χ0n) is 33.5. The van der Waals surface area contributed by atoms with Gasteiger partial charge in [-0.2, -0.15) is 13.2 Å². The standard InChI is InChI=1S/C42H49F3N8O7/c1-47-39(56)35(6-4-19-54)53-40(57)30-9-8-29(22-31(30)41(53)58)60-20-18-51-14-10-26(11-15-51)25-52-16-12-28(13-17-52)48-24-27-21-34(36(59-2)23-32(27)46)50-38(55)33-5-3-7-37(49-33)42(43,44)45/h3,5,7-9,19,21-24,26,28,35H,4,6,10-18,20,25,46H2,1-2H3,(H,47,56)(H,50,55). The third-order valence-corrected chi connectivity index (χ3v) is 11.1. The Morgan fingerprint density at radius 1 is 1.00 bits per heavy atom. The average molecular weight is 835 g/mol. The molecule has 2 saturated heterocycles. The van der Waals surface area contributed by atoms with Crippen LogP contribution in [0.25, 0.3) is 0 Å². The summed E-state index contributed by atoms with van der Waals surface area (Å²) in [7, 11) is 2.81. The molecule has 0 radical (unpaired) electrons. The third kappa shape index (κ3) is 10.5. The van der Waals surface area contributed by atoms with Gasteiger partial charge in [0.25, 0.3) is 17.7 Å². The van der Waals surface area contributed by atoms with Crippen molar-refractivity contribution in [3.8, 4) is 11.5 Å². The van der Waals surface area contributed by atoms with E-state index in [4.69, 9.17) is 20.2 Å². The van der Waals surface area contributed by atoms with Crippen LogP contribution in [0.3, 0.4) is 0 Å². The molecule has 0 spiro atoms. The molecule has 18 heteroatoms. The molecule has 60 heavy (non-hydrogen) atoms. The van der Waals surface area contributed by atoms with Crippen LogP contribution >= 0.6 is 0 Å². The molecule has 6 rings (SSSR count). The summed E-state index contributed by atoms with van der Waals surface area (Å²) in [5.74, 6) is -1.24. The number of likely N-dealkylation sites (tertiary alicyclic amines) is 2. The van der Waals surface area contributed by atoms with Gasteiger partial charge in [0.15, 0.2) is 0 Å². The molecule has 4 amide bonds. The minimum absolute atomic E-state index is 0.0332. The van der Waals surface area contributed by atoms with Crippen LogP contribution in [0.4, 0.5) is 24.5 Å². The number of pyridine rings is 1. The van der Waals surface area contributed by atoms with Crippen molar-refractivity contribution in [1.82, 2.24) is 25.0 Å². The molecule has 2 fully saturated rings. The van der Waals surface area contributed by atoms with Crippen molar-refractivity contribution < 1.29 is 46.6 Å². The van der Waals surface area contributed by atoms with E-state index in [1.54, 1.807) is 18.3 Å². The number of fused-ring (bicyclic) bond motifs is 1. The maximum Gasteiger partial charge on any atom is 0.433 e. The van der Waals surface area contributed by atoms with Crippen LogP contribution in [0.1, 0.15) is 81.0 Å². The number of rotatable bonds is 16. The molecule has 4 N–H and O–H groups in total. The number of piperidine rings is 2. The zero-order chi connectivity index (χ0) is 43.0. The van der Waals surface area contributed by atoms with Gasteiger partial charge >= 0.3 is 6.18 Å². The van der Waals surface area contributed by atoms with Gasteiger partial charge in [-0.25, -0.2) is 4.98 Å². The maximum absolute atomic E-state index is 13.2. The summed E-state index contributed by atoms with van der Waals surface area (Å²) in [6.07, 6.45) is 1.53. The number of carbonyl (C=O) groups excluding carboxylic acids is 5. The van der Waals surface area contributed by atoms with Crippen LogP contribution in [0, 0.1) is 5.92 Å². The lowest BCUT2D eigenvalue weighted by Gasteiger charge is -2.37. The fourth-order valence-corrected chi connectivity index (χ4v) is 7.76. The number of methoxy groups -OCH3 is 1. The van der Waals surface area contributed by atoms with Crippen LogP contribution < -0.4 is 25.8 Å². The number of nitrogen functional groups attached to an aromatic ring is 1. The number of aromatic nitrogens is 1. The van der Waals surface area contributed by atoms with Gasteiger partial charge in [-0.1, -0.05) is 6.07 Å². The Morgan fingerprint density at radius 3 is 2.40 bits per heavy atom. The number of ether oxygens (including phenoxy) is 2. The van der Waals surface area contributed by atoms with Crippen molar-refractivity contribution in [2.45, 2.75) is 56.8 Å². The van der Waals surface area contributed by atoms with Crippen molar-refractivity contribution in [1.29, 1.82) is 0 Å². The molecule has 15 nitrogen and oxygen atoms in total. The van der Waals surface area contributed by atoms with E-state index in [2.05, 4.69) is 25.4 Å². The molecular formula is C42H49F3N8O7. The zero-order valence-corrected chi connectivity index (χ0v) is 33.5. The van der Waals surface area contributed by atoms with Gasteiger partial charge in [-0.05, 0) is 87.5 Å². The molecule has 0 bridgehead atoms. The number of carbonyl (C=O) groups is 5. The van der Waals surface area contributed by atoms with Gasteiger partial charge in [-0.15, -0.1) is 0 Å². The minimum atomic E-state index is -4.69. The number of likely N-dealkylation sites (N-methyl/N-ethyl adjacent to an activating group) is 1. The lowest BCUT2D eigenvalue weighted by Crippen LogP contribution is -2.48. The first-order valence-corrected chi connectivity index (χ1v) is 19.9. The number of nitrogens with zero attached hydrogens (tertiary/aromatic N) is 5. The monoisotopic (exact) mass is 834 g/mol. The van der Waals surface area contributed by atoms with Crippen LogP contribution in [0.2, 0.25) is 0 Å². The Hall–Kier alpha value is -5.88. The topological polar surface area (TPSA) is 189 Å². The highest BCUT2D eigenvalue weighted by molar-refractivity contribution is 6.23. The van der Waals surface area contributed by atoms with Crippen LogP contribution in [0.5, 0.6) is 11.5 Å². The van der Waals surface area contributed by atoms with E-state index in [1.807, 2.05) is 0 Å². The first-order chi connectivity index (χ1) is 28.8. The quantitative estimate of drug-likeness (QED) is 0.0808. The Morgan fingerprint density at radius 2 is 1.72 bits per heavy atom. The van der Waals surface area contributed by atoms with E-state index in [1.165, 1.54) is 38.4 Å². The highest BCUT2D eigenvalue weighted by atomic mass is 19.4. The molecular weight excluding hydrogens is 786 g/mol. The van der Waals surface area contributed by atoms with Gasteiger partial charge in [0, 0.05) is 63.2 Å². The summed E-state index contributed by atoms with van der Waals surface area (Å²) in [4.78, 5) is 76.5. The number of nitrogens with two attached hydrogens (primary N) is 1. The number of amides is 4. The number of hydrogen-bond acceptors (Lipinski definition) is 12. The van der Waals surface area contributed by atoms with E-state index in [0.717, 1.165) is 75.4 Å². The number of aliphatic imine (C=N–C) groups is 1. The molecule has 1 unspecified atom stereocenters. The number of aldehydes is 1. The summed E-state index contributed by atoms with van der Waals surface area (Å²) in [6, 6.07) is 9.94. The van der Waals surface area contributed by atoms with Crippen molar-refractivity contribution in [2.24, 2.45) is 10.9 Å². The normalized spacial score (nSPS) is 17.4. The second-order valence-electron chi connectivity index (χ2n) is 15.0. The van der Waals surface area contributed by atoms with Crippen LogP contribution in [-0.4, -0.2) is 128 Å². The third-order valence-electron chi connectivity index (χ3n) is 11.1. The molecule has 4 heterocycles. The summed E-state index contributed by atoms with van der Waals surface area (Å²) >= 11 is 0. The number of hydrogen-bond donors (Lipinski definition) is 3. The summed E-state index contributed by atoms with van der Waals surface area (Å²) in [6.45, 7) is 5.78. The number of anilines is 2. The highest BCUT2D eigenvalue weighted by Gasteiger charge is 2.42. The molecule has 1 atom stereocenters. The predicted molar refractivity (Wildman–Crippen MR) is 216 cm³/mol. The fourth-order valence-electron chi connectivity index (χ4n) is 7.76. The number of benzene rings is 2. The van der Waals surface area contributed by atoms with Gasteiger partial charge in [0.1, 0.15) is 41.8 Å². The van der Waals surface area contributed by atoms with Gasteiger partial charge in [0.2, 0.25) is 5.91 Å². The van der Waals surface area contributed by atoms with Crippen molar-refractivity contribution >= 4 is 47.5 Å². The molecule has 2 aromatic carbocycles. The van der Waals surface area contributed by atoms with Gasteiger partial charge in [-0.3, -0.25) is 34.0 Å². The smallest absolute Gasteiger partial charge is 0.433 e.